The van der Waals surface area contributed by atoms with Crippen molar-refractivity contribution in [2.75, 3.05) is 18.6 Å². The molecular formula is C15H24BNO6S2. The lowest BCUT2D eigenvalue weighted by atomic mass is 9.79. The van der Waals surface area contributed by atoms with E-state index >= 15 is 0 Å². The first kappa shape index (κ1) is 20.4. The molecular weight excluding hydrogens is 365 g/mol. The molecule has 0 bridgehead atoms. The summed E-state index contributed by atoms with van der Waals surface area (Å²) < 4.78 is 60.7. The van der Waals surface area contributed by atoms with Gasteiger partial charge in [-0.2, -0.15) is 0 Å². The van der Waals surface area contributed by atoms with Gasteiger partial charge >= 0.3 is 7.12 Å². The number of benzene rings is 1. The van der Waals surface area contributed by atoms with E-state index in [1.54, 1.807) is 12.1 Å². The number of sulfone groups is 1. The van der Waals surface area contributed by atoms with Crippen LogP contribution in [0.5, 0.6) is 0 Å². The minimum Gasteiger partial charge on any atom is -0.399 e. The lowest BCUT2D eigenvalue weighted by Gasteiger charge is -2.32. The van der Waals surface area contributed by atoms with E-state index in [0.29, 0.717) is 5.46 Å². The van der Waals surface area contributed by atoms with Crippen molar-refractivity contribution in [1.29, 1.82) is 0 Å². The van der Waals surface area contributed by atoms with E-state index in [1.165, 1.54) is 12.1 Å². The Morgan fingerprint density at radius 2 is 1.44 bits per heavy atom. The largest absolute Gasteiger partial charge is 0.494 e. The summed E-state index contributed by atoms with van der Waals surface area (Å²) in [4.78, 5) is 0.0567. The molecule has 1 aliphatic rings. The van der Waals surface area contributed by atoms with Gasteiger partial charge in [0.05, 0.1) is 21.9 Å². The smallest absolute Gasteiger partial charge is 0.399 e. The maximum absolute atomic E-state index is 12.2. The summed E-state index contributed by atoms with van der Waals surface area (Å²) in [6.07, 6.45) is 1.06. The number of rotatable bonds is 6. The molecule has 2 rings (SSSR count). The third kappa shape index (κ3) is 4.82. The zero-order chi connectivity index (χ0) is 19.1. The van der Waals surface area contributed by atoms with Gasteiger partial charge in [-0.05, 0) is 45.3 Å². The molecule has 0 amide bonds. The summed E-state index contributed by atoms with van der Waals surface area (Å²) in [6.45, 7) is 7.60. The molecule has 140 valence electrons. The number of nitrogens with one attached hydrogen (secondary N) is 1. The molecule has 1 aromatic carbocycles. The Hall–Kier alpha value is -0.935. The zero-order valence-electron chi connectivity index (χ0n) is 15.1. The average Bonchev–Trinajstić information content (AvgIpc) is 2.66. The topological polar surface area (TPSA) is 98.8 Å². The van der Waals surface area contributed by atoms with E-state index in [2.05, 4.69) is 4.72 Å². The normalized spacial score (nSPS) is 20.0. The highest BCUT2D eigenvalue weighted by Gasteiger charge is 2.51. The lowest BCUT2D eigenvalue weighted by Crippen LogP contribution is -2.41. The molecule has 10 heteroatoms. The average molecular weight is 389 g/mol. The van der Waals surface area contributed by atoms with E-state index in [4.69, 9.17) is 9.31 Å². The van der Waals surface area contributed by atoms with Crippen LogP contribution in [0.25, 0.3) is 0 Å². The van der Waals surface area contributed by atoms with Crippen molar-refractivity contribution in [3.63, 3.8) is 0 Å². The molecule has 0 atom stereocenters. The van der Waals surface area contributed by atoms with Crippen LogP contribution < -0.4 is 10.2 Å². The van der Waals surface area contributed by atoms with Crippen molar-refractivity contribution in [2.24, 2.45) is 0 Å². The van der Waals surface area contributed by atoms with Gasteiger partial charge in [0.25, 0.3) is 0 Å². The van der Waals surface area contributed by atoms with E-state index in [0.717, 1.165) is 6.26 Å². The van der Waals surface area contributed by atoms with Gasteiger partial charge in [-0.15, -0.1) is 0 Å². The van der Waals surface area contributed by atoms with Gasteiger partial charge in [0.1, 0.15) is 9.84 Å². The monoisotopic (exact) mass is 389 g/mol. The molecule has 1 aromatic rings. The number of sulfonamides is 1. The number of hydrogen-bond donors (Lipinski definition) is 1. The van der Waals surface area contributed by atoms with Crippen molar-refractivity contribution in [3.8, 4) is 0 Å². The molecule has 1 saturated heterocycles. The minimum atomic E-state index is -3.76. The van der Waals surface area contributed by atoms with Crippen LogP contribution in [0.4, 0.5) is 0 Å². The summed E-state index contributed by atoms with van der Waals surface area (Å²) in [5, 5.41) is 0. The van der Waals surface area contributed by atoms with Gasteiger partial charge in [-0.1, -0.05) is 12.1 Å². The molecule has 25 heavy (non-hydrogen) atoms. The predicted molar refractivity (Wildman–Crippen MR) is 97.1 cm³/mol. The maximum atomic E-state index is 12.2. The molecule has 1 fully saturated rings. The summed E-state index contributed by atoms with van der Waals surface area (Å²) in [5.41, 5.74) is -0.237. The van der Waals surface area contributed by atoms with Crippen molar-refractivity contribution >= 4 is 32.4 Å². The quantitative estimate of drug-likeness (QED) is 0.703. The van der Waals surface area contributed by atoms with E-state index in [1.807, 2.05) is 27.7 Å². The Kier molecular flexibility index (Phi) is 5.43. The lowest BCUT2D eigenvalue weighted by molar-refractivity contribution is 0.00578. The zero-order valence-corrected chi connectivity index (χ0v) is 16.7. The third-order valence-electron chi connectivity index (χ3n) is 4.48. The summed E-state index contributed by atoms with van der Waals surface area (Å²) in [5.74, 6) is -0.252. The van der Waals surface area contributed by atoms with Crippen LogP contribution in [0, 0.1) is 0 Å². The fraction of sp³-hybridized carbons (Fsp3) is 0.600. The molecule has 1 N–H and O–H groups in total. The molecule has 0 spiro atoms. The Balaban J connectivity index is 2.10. The molecule has 0 unspecified atom stereocenters. The van der Waals surface area contributed by atoms with Crippen molar-refractivity contribution in [1.82, 2.24) is 4.72 Å². The molecule has 1 heterocycles. The molecule has 0 aromatic heterocycles. The van der Waals surface area contributed by atoms with Crippen LogP contribution in [-0.2, 0) is 29.2 Å². The molecule has 7 nitrogen and oxygen atoms in total. The molecule has 0 radical (unpaired) electrons. The summed E-state index contributed by atoms with van der Waals surface area (Å²) >= 11 is 0. The van der Waals surface area contributed by atoms with Crippen LogP contribution >= 0.6 is 0 Å². The van der Waals surface area contributed by atoms with Gasteiger partial charge in [0.2, 0.25) is 10.0 Å². The third-order valence-corrected chi connectivity index (χ3v) is 6.90. The highest BCUT2D eigenvalue weighted by atomic mass is 32.2. The predicted octanol–water partition coefficient (Wildman–Crippen LogP) is 0.309. The first-order valence-corrected chi connectivity index (χ1v) is 11.4. The van der Waals surface area contributed by atoms with Gasteiger partial charge in [0, 0.05) is 12.8 Å². The van der Waals surface area contributed by atoms with Gasteiger partial charge in [0.15, 0.2) is 0 Å². The van der Waals surface area contributed by atoms with Crippen molar-refractivity contribution in [2.45, 2.75) is 43.8 Å². The fourth-order valence-electron chi connectivity index (χ4n) is 2.23. The Labute approximate surface area is 150 Å². The SMILES string of the molecule is CC1(C)OB(c2ccc(S(=O)(=O)NCCS(C)(=O)=O)cc2)OC1(C)C. The van der Waals surface area contributed by atoms with E-state index < -0.39 is 38.2 Å². The summed E-state index contributed by atoms with van der Waals surface area (Å²) in [7, 11) is -7.56. The molecule has 0 aliphatic carbocycles. The van der Waals surface area contributed by atoms with Gasteiger partial charge < -0.3 is 9.31 Å². The number of hydrogen-bond acceptors (Lipinski definition) is 6. The van der Waals surface area contributed by atoms with Crippen LogP contribution in [0.3, 0.4) is 0 Å². The van der Waals surface area contributed by atoms with Crippen molar-refractivity contribution in [3.05, 3.63) is 24.3 Å². The van der Waals surface area contributed by atoms with Crippen molar-refractivity contribution < 1.29 is 26.1 Å². The fourth-order valence-corrected chi connectivity index (χ4v) is 3.86. The van der Waals surface area contributed by atoms with Crippen LogP contribution in [0.2, 0.25) is 0 Å². The Morgan fingerprint density at radius 1 is 0.960 bits per heavy atom. The maximum Gasteiger partial charge on any atom is 0.494 e. The van der Waals surface area contributed by atoms with Crippen LogP contribution in [0.1, 0.15) is 27.7 Å². The van der Waals surface area contributed by atoms with Gasteiger partial charge in [-0.25, -0.2) is 21.6 Å². The highest BCUT2D eigenvalue weighted by Crippen LogP contribution is 2.36. The summed E-state index contributed by atoms with van der Waals surface area (Å²) in [6, 6.07) is 6.16. The standard InChI is InChI=1S/C15H24BNO6S2/c1-14(2)15(3,4)23-16(22-14)12-6-8-13(9-7-12)25(20,21)17-10-11-24(5,18)19/h6-9,17H,10-11H2,1-5H3. The molecule has 1 aliphatic heterocycles. The minimum absolute atomic E-state index is 0.0567. The van der Waals surface area contributed by atoms with E-state index in [9.17, 15) is 16.8 Å². The first-order chi connectivity index (χ1) is 11.2. The molecule has 0 saturated carbocycles. The Bertz CT molecular complexity index is 815. The highest BCUT2D eigenvalue weighted by molar-refractivity contribution is 7.91. The van der Waals surface area contributed by atoms with E-state index in [-0.39, 0.29) is 17.2 Å². The van der Waals surface area contributed by atoms with Crippen LogP contribution in [0.15, 0.2) is 29.2 Å². The second kappa shape index (κ2) is 6.66. The second-order valence-corrected chi connectivity index (χ2v) is 11.2. The van der Waals surface area contributed by atoms with Gasteiger partial charge in [-0.3, -0.25) is 0 Å². The second-order valence-electron chi connectivity index (χ2n) is 7.18. The Morgan fingerprint density at radius 3 is 1.88 bits per heavy atom. The van der Waals surface area contributed by atoms with Crippen LogP contribution in [-0.4, -0.2) is 53.7 Å². The first-order valence-electron chi connectivity index (χ1n) is 7.87.